The fourth-order valence-corrected chi connectivity index (χ4v) is 6.25. The van der Waals surface area contributed by atoms with E-state index < -0.39 is 5.25 Å². The minimum atomic E-state index is -0.463. The smallest absolute Gasteiger partial charge is 0.263 e. The van der Waals surface area contributed by atoms with Gasteiger partial charge in [0, 0.05) is 23.2 Å². The first-order chi connectivity index (χ1) is 15.5. The van der Waals surface area contributed by atoms with Gasteiger partial charge in [-0.25, -0.2) is 4.98 Å². The quantitative estimate of drug-likeness (QED) is 0.328. The molecule has 0 bridgehead atoms. The highest BCUT2D eigenvalue weighted by Gasteiger charge is 2.24. The number of anilines is 1. The number of amides is 1. The van der Waals surface area contributed by atoms with Gasteiger partial charge in [0.1, 0.15) is 4.83 Å². The van der Waals surface area contributed by atoms with Crippen molar-refractivity contribution in [3.63, 3.8) is 0 Å². The van der Waals surface area contributed by atoms with Gasteiger partial charge in [0.15, 0.2) is 16.7 Å². The number of aryl methyl sites for hydroxylation is 2. The molecule has 3 aromatic rings. The molecule has 32 heavy (non-hydrogen) atoms. The Labute approximate surface area is 193 Å². The summed E-state index contributed by atoms with van der Waals surface area (Å²) in [5.41, 5.74) is 1.75. The van der Waals surface area contributed by atoms with Crippen molar-refractivity contribution >= 4 is 44.9 Å². The van der Waals surface area contributed by atoms with E-state index in [-0.39, 0.29) is 18.3 Å². The minimum absolute atomic E-state index is 0.0415. The second-order valence-corrected chi connectivity index (χ2v) is 10.2. The molecule has 0 saturated carbocycles. The number of rotatable bonds is 6. The lowest BCUT2D eigenvalue weighted by Gasteiger charge is -2.15. The van der Waals surface area contributed by atoms with Crippen LogP contribution in [0.3, 0.4) is 0 Å². The molecule has 0 spiro atoms. The number of benzene rings is 1. The van der Waals surface area contributed by atoms with Gasteiger partial charge in [-0.3, -0.25) is 14.2 Å². The Morgan fingerprint density at radius 3 is 3.00 bits per heavy atom. The van der Waals surface area contributed by atoms with Crippen LogP contribution in [0.15, 0.2) is 40.8 Å². The Bertz CT molecular complexity index is 1280. The Hall–Kier alpha value is -2.78. The van der Waals surface area contributed by atoms with Crippen LogP contribution in [-0.4, -0.2) is 27.5 Å². The maximum absolute atomic E-state index is 13.4. The van der Waals surface area contributed by atoms with Crippen LogP contribution < -0.4 is 20.3 Å². The van der Waals surface area contributed by atoms with Crippen molar-refractivity contribution in [1.82, 2.24) is 9.55 Å². The van der Waals surface area contributed by atoms with E-state index in [0.717, 1.165) is 41.5 Å². The molecule has 0 fully saturated rings. The van der Waals surface area contributed by atoms with E-state index in [1.807, 2.05) is 0 Å². The third kappa shape index (κ3) is 3.80. The maximum Gasteiger partial charge on any atom is 0.263 e. The predicted molar refractivity (Wildman–Crippen MR) is 127 cm³/mol. The minimum Gasteiger partial charge on any atom is -0.454 e. The number of carbonyl (C=O) groups is 1. The van der Waals surface area contributed by atoms with Crippen molar-refractivity contribution in [3.8, 4) is 11.5 Å². The van der Waals surface area contributed by atoms with Crippen molar-refractivity contribution in [2.75, 3.05) is 12.1 Å². The van der Waals surface area contributed by atoms with Gasteiger partial charge in [0.25, 0.3) is 5.56 Å². The molecule has 2 aromatic heterocycles. The zero-order chi connectivity index (χ0) is 22.2. The monoisotopic (exact) mass is 469 g/mol. The van der Waals surface area contributed by atoms with Gasteiger partial charge in [-0.15, -0.1) is 17.9 Å². The number of fused-ring (bicyclic) bond motifs is 4. The summed E-state index contributed by atoms with van der Waals surface area (Å²) >= 11 is 2.90. The number of ether oxygens (including phenoxy) is 2. The van der Waals surface area contributed by atoms with Gasteiger partial charge in [0.2, 0.25) is 12.7 Å². The molecule has 1 aliphatic carbocycles. The van der Waals surface area contributed by atoms with Gasteiger partial charge < -0.3 is 14.8 Å². The van der Waals surface area contributed by atoms with E-state index in [1.165, 1.54) is 16.6 Å². The molecular weight excluding hydrogens is 446 g/mol. The van der Waals surface area contributed by atoms with Gasteiger partial charge in [-0.2, -0.15) is 0 Å². The molecule has 0 radical (unpaired) electrons. The Morgan fingerprint density at radius 1 is 1.34 bits per heavy atom. The Kier molecular flexibility index (Phi) is 5.69. The molecule has 0 unspecified atom stereocenters. The molecule has 0 saturated heterocycles. The van der Waals surface area contributed by atoms with Crippen molar-refractivity contribution in [3.05, 3.63) is 51.6 Å². The van der Waals surface area contributed by atoms with Gasteiger partial charge in [-0.05, 0) is 50.3 Å². The topological polar surface area (TPSA) is 82.5 Å². The zero-order valence-electron chi connectivity index (χ0n) is 17.7. The summed E-state index contributed by atoms with van der Waals surface area (Å²) < 4.78 is 12.3. The van der Waals surface area contributed by atoms with Crippen LogP contribution >= 0.6 is 23.1 Å². The molecule has 1 amide bonds. The highest BCUT2D eigenvalue weighted by molar-refractivity contribution is 8.00. The number of nitrogens with one attached hydrogen (secondary N) is 1. The second kappa shape index (κ2) is 8.63. The third-order valence-corrected chi connectivity index (χ3v) is 7.92. The molecule has 1 aromatic carbocycles. The molecule has 5 rings (SSSR count). The standard InChI is InChI=1S/C23H23N3O4S2/c1-3-10-26-22(28)19-15-6-4-5-7-18(15)32-21(19)25-23(26)31-13(2)20(27)24-14-8-9-16-17(11-14)30-12-29-16/h3,8-9,11,13H,1,4-7,10,12H2,2H3,(H,24,27)/t13-/m0/s1. The first-order valence-electron chi connectivity index (χ1n) is 10.6. The average molecular weight is 470 g/mol. The summed E-state index contributed by atoms with van der Waals surface area (Å²) in [6.45, 7) is 6.14. The fraction of sp³-hybridized carbons (Fsp3) is 0.348. The second-order valence-electron chi connectivity index (χ2n) is 7.81. The molecule has 1 N–H and O–H groups in total. The number of hydrogen-bond donors (Lipinski definition) is 1. The maximum atomic E-state index is 13.4. The number of carbonyl (C=O) groups excluding carboxylic acids is 1. The van der Waals surface area contributed by atoms with Crippen molar-refractivity contribution in [2.45, 2.75) is 49.6 Å². The number of thioether (sulfide) groups is 1. The summed E-state index contributed by atoms with van der Waals surface area (Å²) in [4.78, 5) is 33.1. The molecular formula is C23H23N3O4S2. The predicted octanol–water partition coefficient (Wildman–Crippen LogP) is 4.37. The Balaban J connectivity index is 1.42. The molecule has 7 nitrogen and oxygen atoms in total. The van der Waals surface area contributed by atoms with Crippen molar-refractivity contribution in [1.29, 1.82) is 0 Å². The molecule has 9 heteroatoms. The highest BCUT2D eigenvalue weighted by atomic mass is 32.2. The van der Waals surface area contributed by atoms with Gasteiger partial charge in [-0.1, -0.05) is 17.8 Å². The van der Waals surface area contributed by atoms with Crippen LogP contribution in [-0.2, 0) is 24.2 Å². The van der Waals surface area contributed by atoms with Crippen LogP contribution in [0.5, 0.6) is 11.5 Å². The fourth-order valence-electron chi connectivity index (χ4n) is 4.03. The van der Waals surface area contributed by atoms with E-state index in [9.17, 15) is 9.59 Å². The molecule has 2 aliphatic rings. The SMILES string of the molecule is C=CCn1c(S[C@@H](C)C(=O)Nc2ccc3c(c2)OCO3)nc2sc3c(c2c1=O)CCCC3. The van der Waals surface area contributed by atoms with Crippen LogP contribution in [0.25, 0.3) is 10.2 Å². The molecule has 166 valence electrons. The van der Waals surface area contributed by atoms with E-state index in [4.69, 9.17) is 14.5 Å². The van der Waals surface area contributed by atoms with Crippen molar-refractivity contribution < 1.29 is 14.3 Å². The number of allylic oxidation sites excluding steroid dienone is 1. The number of aromatic nitrogens is 2. The average Bonchev–Trinajstić information content (AvgIpc) is 3.40. The molecule has 1 atom stereocenters. The highest BCUT2D eigenvalue weighted by Crippen LogP contribution is 2.36. The lowest BCUT2D eigenvalue weighted by atomic mass is 9.97. The van der Waals surface area contributed by atoms with Crippen LogP contribution in [0.2, 0.25) is 0 Å². The van der Waals surface area contributed by atoms with Crippen molar-refractivity contribution in [2.24, 2.45) is 0 Å². The van der Waals surface area contributed by atoms with Gasteiger partial charge in [0.05, 0.1) is 10.6 Å². The summed E-state index contributed by atoms with van der Waals surface area (Å²) in [5, 5.41) is 3.72. The molecule has 1 aliphatic heterocycles. The lowest BCUT2D eigenvalue weighted by Crippen LogP contribution is -2.27. The molecule has 3 heterocycles. The third-order valence-electron chi connectivity index (χ3n) is 5.64. The van der Waals surface area contributed by atoms with Crippen LogP contribution in [0.1, 0.15) is 30.2 Å². The van der Waals surface area contributed by atoms with Gasteiger partial charge >= 0.3 is 0 Å². The van der Waals surface area contributed by atoms with E-state index in [1.54, 1.807) is 47.1 Å². The van der Waals surface area contributed by atoms with E-state index >= 15 is 0 Å². The zero-order valence-corrected chi connectivity index (χ0v) is 19.3. The normalized spacial score (nSPS) is 15.4. The largest absolute Gasteiger partial charge is 0.454 e. The summed E-state index contributed by atoms with van der Waals surface area (Å²) in [7, 11) is 0. The lowest BCUT2D eigenvalue weighted by molar-refractivity contribution is -0.115. The first kappa shape index (κ1) is 21.1. The summed E-state index contributed by atoms with van der Waals surface area (Å²) in [6, 6.07) is 5.29. The first-order valence-corrected chi connectivity index (χ1v) is 12.3. The summed E-state index contributed by atoms with van der Waals surface area (Å²) in [6.07, 6.45) is 5.89. The van der Waals surface area contributed by atoms with Crippen LogP contribution in [0.4, 0.5) is 5.69 Å². The number of nitrogens with zero attached hydrogens (tertiary/aromatic N) is 2. The summed E-state index contributed by atoms with van der Waals surface area (Å²) in [5.74, 6) is 1.09. The number of thiophene rings is 1. The van der Waals surface area contributed by atoms with E-state index in [2.05, 4.69) is 11.9 Å². The van der Waals surface area contributed by atoms with E-state index in [0.29, 0.717) is 28.9 Å². The van der Waals surface area contributed by atoms with Crippen LogP contribution in [0, 0.1) is 0 Å². The number of hydrogen-bond acceptors (Lipinski definition) is 7. The Morgan fingerprint density at radius 2 is 2.16 bits per heavy atom.